The van der Waals surface area contributed by atoms with E-state index < -0.39 is 0 Å². The fourth-order valence-electron chi connectivity index (χ4n) is 4.81. The van der Waals surface area contributed by atoms with Crippen molar-refractivity contribution in [2.24, 2.45) is 0 Å². The van der Waals surface area contributed by atoms with Crippen molar-refractivity contribution < 1.29 is 5.11 Å². The number of aliphatic hydroxyl groups is 1. The zero-order chi connectivity index (χ0) is 22.6. The van der Waals surface area contributed by atoms with Gasteiger partial charge in [-0.3, -0.25) is 0 Å². The number of hydrogen-bond donors (Lipinski definition) is 3. The smallest absolute Gasteiger partial charge is 0.241 e. The molecule has 5 rings (SSSR count). The predicted molar refractivity (Wildman–Crippen MR) is 130 cm³/mol. The monoisotopic (exact) mass is 450 g/mol. The van der Waals surface area contributed by atoms with Crippen LogP contribution in [0.25, 0.3) is 16.8 Å². The first-order chi connectivity index (χ1) is 16.2. The van der Waals surface area contributed by atoms with Crippen molar-refractivity contribution >= 4 is 17.3 Å². The van der Waals surface area contributed by atoms with E-state index in [9.17, 15) is 5.11 Å². The highest BCUT2D eigenvalue weighted by molar-refractivity contribution is 5.78. The second kappa shape index (κ2) is 10.0. The molecular weight excluding hydrogens is 416 g/mol. The Kier molecular flexibility index (Phi) is 6.68. The molecule has 2 aliphatic rings. The number of piperazine rings is 1. The summed E-state index contributed by atoms with van der Waals surface area (Å²) >= 11 is 0. The van der Waals surface area contributed by atoms with Gasteiger partial charge in [-0.25, -0.2) is 19.5 Å². The summed E-state index contributed by atoms with van der Waals surface area (Å²) in [6.07, 6.45) is 9.22. The fourth-order valence-corrected chi connectivity index (χ4v) is 4.81. The van der Waals surface area contributed by atoms with E-state index >= 15 is 0 Å². The van der Waals surface area contributed by atoms with E-state index in [1.54, 1.807) is 0 Å². The maximum atomic E-state index is 10.0. The molecular formula is C24H34N8O. The number of anilines is 2. The number of imidazole rings is 1. The van der Waals surface area contributed by atoms with Gasteiger partial charge in [0.05, 0.1) is 18.0 Å². The van der Waals surface area contributed by atoms with Crippen LogP contribution >= 0.6 is 0 Å². The van der Waals surface area contributed by atoms with Crippen molar-refractivity contribution in [2.75, 3.05) is 42.9 Å². The highest BCUT2D eigenvalue weighted by Gasteiger charge is 2.27. The van der Waals surface area contributed by atoms with Crippen molar-refractivity contribution in [3.8, 4) is 11.3 Å². The molecule has 3 N–H and O–H groups in total. The van der Waals surface area contributed by atoms with Gasteiger partial charge in [0, 0.05) is 50.4 Å². The Morgan fingerprint density at radius 3 is 2.76 bits per heavy atom. The zero-order valence-electron chi connectivity index (χ0n) is 19.4. The lowest BCUT2D eigenvalue weighted by Crippen LogP contribution is -2.43. The van der Waals surface area contributed by atoms with E-state index in [-0.39, 0.29) is 12.0 Å². The summed E-state index contributed by atoms with van der Waals surface area (Å²) in [6, 6.07) is 4.16. The van der Waals surface area contributed by atoms with E-state index in [0.717, 1.165) is 99.7 Å². The molecule has 0 aromatic carbocycles. The Bertz CT molecular complexity index is 1070. The average molecular weight is 451 g/mol. The molecule has 0 spiro atoms. The van der Waals surface area contributed by atoms with Crippen LogP contribution in [0.2, 0.25) is 0 Å². The topological polar surface area (TPSA) is 104 Å². The molecule has 0 atom stereocenters. The first-order valence-electron chi connectivity index (χ1n) is 12.3. The van der Waals surface area contributed by atoms with Crippen LogP contribution in [0, 0.1) is 0 Å². The number of fused-ring (bicyclic) bond motifs is 1. The average Bonchev–Trinajstić information content (AvgIpc) is 3.24. The van der Waals surface area contributed by atoms with Crippen LogP contribution in [0.15, 0.2) is 24.5 Å². The van der Waals surface area contributed by atoms with Crippen molar-refractivity contribution in [2.45, 2.75) is 57.5 Å². The largest absolute Gasteiger partial charge is 0.393 e. The third-order valence-corrected chi connectivity index (χ3v) is 6.75. The minimum atomic E-state index is -0.199. The molecule has 0 bridgehead atoms. The number of pyridine rings is 1. The van der Waals surface area contributed by atoms with E-state index in [0.29, 0.717) is 5.95 Å². The van der Waals surface area contributed by atoms with Gasteiger partial charge < -0.3 is 20.6 Å². The Balaban J connectivity index is 1.53. The molecule has 9 heteroatoms. The Hall–Kier alpha value is -2.78. The number of nitrogens with zero attached hydrogens (tertiary/aromatic N) is 6. The summed E-state index contributed by atoms with van der Waals surface area (Å²) in [4.78, 5) is 16.7. The molecule has 3 aromatic heterocycles. The molecule has 3 aromatic rings. The van der Waals surface area contributed by atoms with Crippen LogP contribution in [-0.4, -0.2) is 68.5 Å². The lowest BCUT2D eigenvalue weighted by Gasteiger charge is -2.28. The first-order valence-corrected chi connectivity index (χ1v) is 12.3. The van der Waals surface area contributed by atoms with Gasteiger partial charge in [0.15, 0.2) is 0 Å². The molecule has 1 saturated heterocycles. The molecule has 1 aliphatic heterocycles. The molecule has 1 aliphatic carbocycles. The van der Waals surface area contributed by atoms with Crippen LogP contribution in [0.4, 0.5) is 11.8 Å². The molecule has 0 radical (unpaired) electrons. The highest BCUT2D eigenvalue weighted by atomic mass is 16.3. The van der Waals surface area contributed by atoms with Crippen LogP contribution in [-0.2, 0) is 0 Å². The lowest BCUT2D eigenvalue weighted by molar-refractivity contribution is 0.121. The summed E-state index contributed by atoms with van der Waals surface area (Å²) in [6.45, 7) is 6.87. The molecule has 0 unspecified atom stereocenters. The van der Waals surface area contributed by atoms with Gasteiger partial charge in [-0.2, -0.15) is 0 Å². The van der Waals surface area contributed by atoms with E-state index in [1.165, 1.54) is 0 Å². The molecule has 9 nitrogen and oxygen atoms in total. The molecule has 1 saturated carbocycles. The molecule has 0 amide bonds. The summed E-state index contributed by atoms with van der Waals surface area (Å²) in [5.41, 5.74) is 2.85. The normalized spacial score (nSPS) is 21.5. The van der Waals surface area contributed by atoms with Crippen molar-refractivity contribution in [1.82, 2.24) is 29.9 Å². The van der Waals surface area contributed by atoms with Crippen molar-refractivity contribution in [1.29, 1.82) is 0 Å². The van der Waals surface area contributed by atoms with E-state index in [4.69, 9.17) is 10.1 Å². The third kappa shape index (κ3) is 4.79. The van der Waals surface area contributed by atoms with Crippen LogP contribution in [0.1, 0.15) is 57.2 Å². The second-order valence-corrected chi connectivity index (χ2v) is 9.12. The van der Waals surface area contributed by atoms with Crippen LogP contribution in [0.5, 0.6) is 0 Å². The summed E-state index contributed by atoms with van der Waals surface area (Å²) in [7, 11) is 0. The SMILES string of the molecule is CCCCNc1ncc2c(-c3ccnc(N4CCNCC4)c3)nc([C@H]3CC[C@@H](O)CC3)n2n1. The second-order valence-electron chi connectivity index (χ2n) is 9.12. The number of rotatable bonds is 7. The summed E-state index contributed by atoms with van der Waals surface area (Å²) < 4.78 is 1.98. The Morgan fingerprint density at radius 1 is 1.15 bits per heavy atom. The zero-order valence-corrected chi connectivity index (χ0v) is 19.4. The Morgan fingerprint density at radius 2 is 1.97 bits per heavy atom. The minimum Gasteiger partial charge on any atom is -0.393 e. The maximum Gasteiger partial charge on any atom is 0.241 e. The highest BCUT2D eigenvalue weighted by Crippen LogP contribution is 2.35. The molecule has 4 heterocycles. The number of aliphatic hydroxyl groups excluding tert-OH is 1. The van der Waals surface area contributed by atoms with Gasteiger partial charge in [0.1, 0.15) is 17.2 Å². The van der Waals surface area contributed by atoms with Crippen LogP contribution < -0.4 is 15.5 Å². The van der Waals surface area contributed by atoms with E-state index in [1.807, 2.05) is 23.0 Å². The fraction of sp³-hybridized carbons (Fsp3) is 0.583. The lowest BCUT2D eigenvalue weighted by atomic mass is 9.87. The van der Waals surface area contributed by atoms with E-state index in [2.05, 4.69) is 38.5 Å². The van der Waals surface area contributed by atoms with Gasteiger partial charge in [0.25, 0.3) is 0 Å². The molecule has 2 fully saturated rings. The predicted octanol–water partition coefficient (Wildman–Crippen LogP) is 2.83. The van der Waals surface area contributed by atoms with Gasteiger partial charge >= 0.3 is 0 Å². The van der Waals surface area contributed by atoms with Crippen LogP contribution in [0.3, 0.4) is 0 Å². The quantitative estimate of drug-likeness (QED) is 0.472. The minimum absolute atomic E-state index is 0.199. The number of nitrogens with one attached hydrogen (secondary N) is 2. The standard InChI is InChI=1S/C24H34N8O/c1-2-3-9-27-24-28-16-20-22(18-8-10-26-21(15-18)31-13-11-25-12-14-31)29-23(32(20)30-24)17-4-6-19(33)7-5-17/h8,10,15-17,19,25,33H,2-7,9,11-14H2,1H3,(H,27,30)/t17-,19+. The van der Waals surface area contributed by atoms with Crippen molar-refractivity contribution in [3.63, 3.8) is 0 Å². The maximum absolute atomic E-state index is 10.0. The third-order valence-electron chi connectivity index (χ3n) is 6.75. The number of aromatic nitrogens is 5. The van der Waals surface area contributed by atoms with Gasteiger partial charge in [-0.05, 0) is 44.2 Å². The molecule has 176 valence electrons. The first kappa shape index (κ1) is 22.0. The Labute approximate surface area is 194 Å². The van der Waals surface area contributed by atoms with Gasteiger partial charge in [-0.15, -0.1) is 5.10 Å². The summed E-state index contributed by atoms with van der Waals surface area (Å²) in [5, 5.41) is 21.6. The van der Waals surface area contributed by atoms with Gasteiger partial charge in [-0.1, -0.05) is 13.3 Å². The van der Waals surface area contributed by atoms with Crippen molar-refractivity contribution in [3.05, 3.63) is 30.4 Å². The number of unbranched alkanes of at least 4 members (excludes halogenated alkanes) is 1. The molecule has 33 heavy (non-hydrogen) atoms. The number of hydrogen-bond acceptors (Lipinski definition) is 8. The van der Waals surface area contributed by atoms with Gasteiger partial charge in [0.2, 0.25) is 5.95 Å². The summed E-state index contributed by atoms with van der Waals surface area (Å²) in [5.74, 6) is 2.86.